The van der Waals surface area contributed by atoms with Gasteiger partial charge < -0.3 is 4.74 Å². The highest BCUT2D eigenvalue weighted by Gasteiger charge is 2.15. The molecule has 3 aromatic carbocycles. The Kier molecular flexibility index (Phi) is 5.61. The highest BCUT2D eigenvalue weighted by atomic mass is 19.2. The van der Waals surface area contributed by atoms with Crippen molar-refractivity contribution in [3.8, 4) is 16.9 Å². The van der Waals surface area contributed by atoms with E-state index in [0.717, 1.165) is 17.5 Å². The summed E-state index contributed by atoms with van der Waals surface area (Å²) in [6.45, 7) is 1.99. The molecule has 0 aromatic heterocycles. The monoisotopic (exact) mass is 356 g/mol. The van der Waals surface area contributed by atoms with Gasteiger partial charge in [0, 0.05) is 5.56 Å². The molecule has 0 bridgehead atoms. The average Bonchev–Trinajstić information content (AvgIpc) is 2.65. The molecule has 0 saturated heterocycles. The summed E-state index contributed by atoms with van der Waals surface area (Å²) in [5.41, 5.74) is 2.76. The van der Waals surface area contributed by atoms with Gasteiger partial charge in [0.2, 0.25) is 5.82 Å². The maximum Gasteiger partial charge on any atom is 0.201 e. The van der Waals surface area contributed by atoms with Crippen LogP contribution in [0.1, 0.15) is 18.1 Å². The van der Waals surface area contributed by atoms with Crippen LogP contribution in [0.25, 0.3) is 11.1 Å². The third-order valence-corrected chi connectivity index (χ3v) is 4.20. The Morgan fingerprint density at radius 3 is 2.19 bits per heavy atom. The summed E-state index contributed by atoms with van der Waals surface area (Å²) in [5.74, 6) is -2.21. The minimum Gasteiger partial charge on any atom is -0.491 e. The topological polar surface area (TPSA) is 9.23 Å². The molecule has 0 saturated carbocycles. The molecule has 4 heteroatoms. The Hall–Kier alpha value is -2.75. The zero-order valence-corrected chi connectivity index (χ0v) is 14.4. The van der Waals surface area contributed by atoms with Crippen molar-refractivity contribution in [3.05, 3.63) is 89.2 Å². The summed E-state index contributed by atoms with van der Waals surface area (Å²) >= 11 is 0. The van der Waals surface area contributed by atoms with E-state index in [1.807, 2.05) is 18.2 Å². The third kappa shape index (κ3) is 4.07. The van der Waals surface area contributed by atoms with Crippen molar-refractivity contribution in [2.24, 2.45) is 0 Å². The zero-order chi connectivity index (χ0) is 18.5. The second-order valence-electron chi connectivity index (χ2n) is 6.00. The van der Waals surface area contributed by atoms with Crippen LogP contribution >= 0.6 is 0 Å². The molecule has 0 unspecified atom stereocenters. The van der Waals surface area contributed by atoms with Crippen molar-refractivity contribution in [3.63, 3.8) is 0 Å². The third-order valence-electron chi connectivity index (χ3n) is 4.20. The average molecular weight is 356 g/mol. The van der Waals surface area contributed by atoms with Crippen LogP contribution in [0.3, 0.4) is 0 Å². The van der Waals surface area contributed by atoms with E-state index in [1.165, 1.54) is 24.3 Å². The van der Waals surface area contributed by atoms with Crippen LogP contribution in [0.15, 0.2) is 60.7 Å². The normalized spacial score (nSPS) is 10.8. The van der Waals surface area contributed by atoms with Crippen LogP contribution in [-0.2, 0) is 12.8 Å². The molecule has 1 nitrogen and oxygen atoms in total. The second-order valence-corrected chi connectivity index (χ2v) is 6.00. The molecule has 0 radical (unpaired) electrons. The van der Waals surface area contributed by atoms with Crippen molar-refractivity contribution in [2.75, 3.05) is 6.61 Å². The van der Waals surface area contributed by atoms with Gasteiger partial charge in [0.15, 0.2) is 11.6 Å². The maximum atomic E-state index is 14.3. The molecule has 0 aliphatic heterocycles. The van der Waals surface area contributed by atoms with E-state index in [9.17, 15) is 13.2 Å². The van der Waals surface area contributed by atoms with Gasteiger partial charge in [-0.15, -0.1) is 0 Å². The first-order valence-electron chi connectivity index (χ1n) is 8.53. The van der Waals surface area contributed by atoms with Gasteiger partial charge in [-0.25, -0.2) is 8.78 Å². The standard InChI is InChI=1S/C22H19F3O/c1-2-26-20-13-12-19(21(24)22(20)25)17-10-8-15(9-11-17)6-7-16-4-3-5-18(23)14-16/h3-5,8-14H,2,6-7H2,1H3. The highest BCUT2D eigenvalue weighted by molar-refractivity contribution is 5.65. The Morgan fingerprint density at radius 2 is 1.50 bits per heavy atom. The van der Waals surface area contributed by atoms with Crippen LogP contribution in [0, 0.1) is 17.5 Å². The molecule has 0 aliphatic rings. The molecule has 3 rings (SSSR count). The van der Waals surface area contributed by atoms with Gasteiger partial charge in [0.1, 0.15) is 5.82 Å². The van der Waals surface area contributed by atoms with Gasteiger partial charge in [-0.05, 0) is 60.7 Å². The van der Waals surface area contributed by atoms with Gasteiger partial charge in [-0.1, -0.05) is 36.4 Å². The van der Waals surface area contributed by atoms with Crippen molar-refractivity contribution < 1.29 is 17.9 Å². The van der Waals surface area contributed by atoms with E-state index >= 15 is 0 Å². The lowest BCUT2D eigenvalue weighted by molar-refractivity contribution is 0.314. The first-order chi connectivity index (χ1) is 12.6. The van der Waals surface area contributed by atoms with Crippen LogP contribution in [0.5, 0.6) is 5.75 Å². The van der Waals surface area contributed by atoms with Gasteiger partial charge in [0.05, 0.1) is 6.61 Å². The molecule has 0 N–H and O–H groups in total. The summed E-state index contributed by atoms with van der Waals surface area (Å²) in [6.07, 6.45) is 1.45. The van der Waals surface area contributed by atoms with E-state index in [1.54, 1.807) is 25.1 Å². The summed E-state index contributed by atoms with van der Waals surface area (Å²) in [6, 6.07) is 16.8. The van der Waals surface area contributed by atoms with E-state index < -0.39 is 11.6 Å². The van der Waals surface area contributed by atoms with E-state index in [0.29, 0.717) is 12.0 Å². The lowest BCUT2D eigenvalue weighted by atomic mass is 10.00. The predicted molar refractivity (Wildman–Crippen MR) is 96.8 cm³/mol. The summed E-state index contributed by atoms with van der Waals surface area (Å²) in [5, 5.41) is 0. The quantitative estimate of drug-likeness (QED) is 0.530. The second kappa shape index (κ2) is 8.09. The molecular formula is C22H19F3O. The van der Waals surface area contributed by atoms with Crippen molar-refractivity contribution in [1.82, 2.24) is 0 Å². The fraction of sp³-hybridized carbons (Fsp3) is 0.182. The minimum absolute atomic E-state index is 0.0829. The van der Waals surface area contributed by atoms with E-state index in [4.69, 9.17) is 4.74 Å². The van der Waals surface area contributed by atoms with Crippen LogP contribution in [-0.4, -0.2) is 6.61 Å². The molecule has 0 aliphatic carbocycles. The van der Waals surface area contributed by atoms with E-state index in [-0.39, 0.29) is 23.7 Å². The zero-order valence-electron chi connectivity index (χ0n) is 14.4. The van der Waals surface area contributed by atoms with Crippen molar-refractivity contribution in [1.29, 1.82) is 0 Å². The van der Waals surface area contributed by atoms with Gasteiger partial charge in [-0.2, -0.15) is 4.39 Å². The van der Waals surface area contributed by atoms with Crippen molar-refractivity contribution in [2.45, 2.75) is 19.8 Å². The first kappa shape index (κ1) is 18.1. The molecular weight excluding hydrogens is 337 g/mol. The van der Waals surface area contributed by atoms with Crippen LogP contribution < -0.4 is 4.74 Å². The summed E-state index contributed by atoms with van der Waals surface area (Å²) in [4.78, 5) is 0. The number of hydrogen-bond donors (Lipinski definition) is 0. The smallest absolute Gasteiger partial charge is 0.201 e. The number of halogens is 3. The molecule has 3 aromatic rings. The van der Waals surface area contributed by atoms with Crippen LogP contribution in [0.4, 0.5) is 13.2 Å². The molecule has 26 heavy (non-hydrogen) atoms. The fourth-order valence-electron chi connectivity index (χ4n) is 2.85. The SMILES string of the molecule is CCOc1ccc(-c2ccc(CCc3cccc(F)c3)cc2)c(F)c1F. The molecule has 0 heterocycles. The first-order valence-corrected chi connectivity index (χ1v) is 8.53. The number of ether oxygens (including phenoxy) is 1. The Balaban J connectivity index is 1.74. The number of benzene rings is 3. The minimum atomic E-state index is -0.973. The summed E-state index contributed by atoms with van der Waals surface area (Å²) < 4.78 is 46.6. The highest BCUT2D eigenvalue weighted by Crippen LogP contribution is 2.30. The lowest BCUT2D eigenvalue weighted by Gasteiger charge is -2.10. The number of rotatable bonds is 6. The Morgan fingerprint density at radius 1 is 0.769 bits per heavy atom. The van der Waals surface area contributed by atoms with Crippen LogP contribution in [0.2, 0.25) is 0 Å². The molecule has 0 atom stereocenters. The van der Waals surface area contributed by atoms with Gasteiger partial charge >= 0.3 is 0 Å². The fourth-order valence-corrected chi connectivity index (χ4v) is 2.85. The largest absolute Gasteiger partial charge is 0.491 e. The van der Waals surface area contributed by atoms with Gasteiger partial charge in [0.25, 0.3) is 0 Å². The molecule has 134 valence electrons. The summed E-state index contributed by atoms with van der Waals surface area (Å²) in [7, 11) is 0. The van der Waals surface area contributed by atoms with Gasteiger partial charge in [-0.3, -0.25) is 0 Å². The lowest BCUT2D eigenvalue weighted by Crippen LogP contribution is -1.98. The predicted octanol–water partition coefficient (Wildman–Crippen LogP) is 5.95. The van der Waals surface area contributed by atoms with E-state index in [2.05, 4.69) is 0 Å². The Labute approximate surface area is 151 Å². The number of hydrogen-bond acceptors (Lipinski definition) is 1. The van der Waals surface area contributed by atoms with Crippen molar-refractivity contribution >= 4 is 0 Å². The maximum absolute atomic E-state index is 14.3. The molecule has 0 amide bonds. The molecule has 0 spiro atoms. The Bertz CT molecular complexity index is 888. The number of aryl methyl sites for hydroxylation is 2. The molecule has 0 fully saturated rings.